The van der Waals surface area contributed by atoms with Crippen molar-refractivity contribution in [3.05, 3.63) is 108 Å². The monoisotopic (exact) mass is 505 g/mol. The van der Waals surface area contributed by atoms with Gasteiger partial charge in [0.15, 0.2) is 5.71 Å². The zero-order chi connectivity index (χ0) is 27.4. The van der Waals surface area contributed by atoms with E-state index < -0.39 is 0 Å². The van der Waals surface area contributed by atoms with E-state index in [4.69, 9.17) is 12.8 Å². The fourth-order valence-electron chi connectivity index (χ4n) is 6.82. The van der Waals surface area contributed by atoms with E-state index in [0.29, 0.717) is 13.1 Å². The van der Waals surface area contributed by atoms with Gasteiger partial charge in [-0.15, -0.1) is 12.8 Å². The molecule has 2 aliphatic heterocycles. The van der Waals surface area contributed by atoms with Gasteiger partial charge in [0, 0.05) is 34.5 Å². The summed E-state index contributed by atoms with van der Waals surface area (Å²) >= 11 is 0. The molecule has 0 N–H and O–H groups in total. The van der Waals surface area contributed by atoms with Crippen molar-refractivity contribution in [1.82, 2.24) is 0 Å². The smallest absolute Gasteiger partial charge is 0.211 e. The predicted octanol–water partition coefficient (Wildman–Crippen LogP) is 7.87. The summed E-state index contributed by atoms with van der Waals surface area (Å²) in [5.41, 5.74) is 7.04. The molecule has 39 heavy (non-hydrogen) atoms. The van der Waals surface area contributed by atoms with E-state index in [9.17, 15) is 0 Å². The van der Waals surface area contributed by atoms with E-state index >= 15 is 0 Å². The van der Waals surface area contributed by atoms with Gasteiger partial charge in [-0.2, -0.15) is 4.58 Å². The molecule has 0 saturated carbocycles. The number of hydrogen-bond donors (Lipinski definition) is 0. The van der Waals surface area contributed by atoms with Gasteiger partial charge in [0.2, 0.25) is 12.2 Å². The quantitative estimate of drug-likeness (QED) is 0.202. The molecule has 0 atom stereocenters. The Labute approximate surface area is 232 Å². The van der Waals surface area contributed by atoms with Crippen LogP contribution in [0.2, 0.25) is 0 Å². The Morgan fingerprint density at radius 1 is 0.769 bits per heavy atom. The Balaban J connectivity index is 1.47. The number of nitrogens with zero attached hydrogens (tertiary/aromatic N) is 2. The van der Waals surface area contributed by atoms with Crippen LogP contribution >= 0.6 is 0 Å². The molecule has 4 aromatic rings. The third-order valence-electron chi connectivity index (χ3n) is 8.51. The van der Waals surface area contributed by atoms with Crippen LogP contribution in [0.25, 0.3) is 21.5 Å². The largest absolute Gasteiger partial charge is 0.332 e. The van der Waals surface area contributed by atoms with Gasteiger partial charge in [-0.1, -0.05) is 80.4 Å². The van der Waals surface area contributed by atoms with E-state index in [0.717, 1.165) is 0 Å². The Morgan fingerprint density at radius 2 is 1.41 bits per heavy atom. The molecule has 2 aliphatic rings. The lowest BCUT2D eigenvalue weighted by atomic mass is 9.79. The normalized spacial score (nSPS) is 18.1. The molecule has 0 radical (unpaired) electrons. The minimum absolute atomic E-state index is 0.203. The number of anilines is 1. The molecule has 2 heteroatoms. The first-order valence-corrected chi connectivity index (χ1v) is 13.5. The SMILES string of the molecule is C#CCN1C(=CC=CC2=[N+](CC#C)c3ccc4ccccc4c3C2(C)C)C(C)(C)c2c1ccc1ccccc21. The Kier molecular flexibility index (Phi) is 5.75. The number of hydrogen-bond acceptors (Lipinski definition) is 1. The van der Waals surface area contributed by atoms with Crippen LogP contribution in [0.15, 0.2) is 96.7 Å². The average Bonchev–Trinajstić information content (AvgIpc) is 3.28. The summed E-state index contributed by atoms with van der Waals surface area (Å²) in [5, 5.41) is 5.06. The highest BCUT2D eigenvalue weighted by atomic mass is 15.2. The van der Waals surface area contributed by atoms with Gasteiger partial charge in [-0.05, 0) is 65.1 Å². The van der Waals surface area contributed by atoms with Crippen molar-refractivity contribution in [2.75, 3.05) is 18.0 Å². The highest BCUT2D eigenvalue weighted by Gasteiger charge is 2.45. The molecule has 4 aromatic carbocycles. The summed E-state index contributed by atoms with van der Waals surface area (Å²) in [6.45, 7) is 10.2. The van der Waals surface area contributed by atoms with Gasteiger partial charge in [0.05, 0.1) is 12.0 Å². The Hall–Kier alpha value is -4.53. The van der Waals surface area contributed by atoms with Crippen molar-refractivity contribution in [1.29, 1.82) is 0 Å². The number of benzene rings is 4. The first kappa shape index (κ1) is 24.8. The Morgan fingerprint density at radius 3 is 2.08 bits per heavy atom. The summed E-state index contributed by atoms with van der Waals surface area (Å²) in [6, 6.07) is 26.1. The first-order valence-electron chi connectivity index (χ1n) is 13.5. The summed E-state index contributed by atoms with van der Waals surface area (Å²) in [7, 11) is 0. The third-order valence-corrected chi connectivity index (χ3v) is 8.51. The zero-order valence-electron chi connectivity index (χ0n) is 23.1. The highest BCUT2D eigenvalue weighted by molar-refractivity contribution is 6.07. The highest BCUT2D eigenvalue weighted by Crippen LogP contribution is 2.50. The molecule has 2 nitrogen and oxygen atoms in total. The molecule has 0 amide bonds. The molecule has 2 heterocycles. The van der Waals surface area contributed by atoms with Crippen molar-refractivity contribution in [3.8, 4) is 24.7 Å². The van der Waals surface area contributed by atoms with Gasteiger partial charge >= 0.3 is 0 Å². The summed E-state index contributed by atoms with van der Waals surface area (Å²) in [4.78, 5) is 2.29. The Bertz CT molecular complexity index is 1830. The minimum atomic E-state index is -0.203. The van der Waals surface area contributed by atoms with Crippen LogP contribution in [0.3, 0.4) is 0 Å². The van der Waals surface area contributed by atoms with Crippen LogP contribution < -0.4 is 4.90 Å². The maximum Gasteiger partial charge on any atom is 0.211 e. The molecule has 0 aliphatic carbocycles. The lowest BCUT2D eigenvalue weighted by Gasteiger charge is -2.25. The van der Waals surface area contributed by atoms with E-state index in [1.165, 1.54) is 55.5 Å². The molecule has 0 aromatic heterocycles. The molecule has 0 unspecified atom stereocenters. The van der Waals surface area contributed by atoms with Gasteiger partial charge < -0.3 is 4.90 Å². The predicted molar refractivity (Wildman–Crippen MR) is 166 cm³/mol. The average molecular weight is 506 g/mol. The third kappa shape index (κ3) is 3.64. The molecule has 0 saturated heterocycles. The van der Waals surface area contributed by atoms with Crippen LogP contribution in [0.1, 0.15) is 38.8 Å². The molecule has 0 spiro atoms. The summed E-state index contributed by atoms with van der Waals surface area (Å²) < 4.78 is 2.29. The van der Waals surface area contributed by atoms with Crippen LogP contribution in [0, 0.1) is 24.7 Å². The second-order valence-electron chi connectivity index (χ2n) is 11.5. The lowest BCUT2D eigenvalue weighted by molar-refractivity contribution is -0.422. The molecule has 0 bridgehead atoms. The zero-order valence-corrected chi connectivity index (χ0v) is 23.1. The molecule has 0 fully saturated rings. The van der Waals surface area contributed by atoms with Gasteiger partial charge in [-0.3, -0.25) is 0 Å². The van der Waals surface area contributed by atoms with Crippen LogP contribution in [0.4, 0.5) is 11.4 Å². The van der Waals surface area contributed by atoms with E-state index in [1.54, 1.807) is 0 Å². The fourth-order valence-corrected chi connectivity index (χ4v) is 6.82. The maximum absolute atomic E-state index is 5.87. The van der Waals surface area contributed by atoms with Crippen molar-refractivity contribution >= 4 is 38.6 Å². The van der Waals surface area contributed by atoms with Crippen LogP contribution in [0.5, 0.6) is 0 Å². The van der Waals surface area contributed by atoms with E-state index in [2.05, 4.69) is 140 Å². The number of allylic oxidation sites excluding steroid dienone is 4. The maximum atomic E-state index is 5.87. The van der Waals surface area contributed by atoms with Gasteiger partial charge in [-0.25, -0.2) is 0 Å². The standard InChI is InChI=1S/C37H33N2/c1-7-24-38-30-22-20-26-14-9-11-16-28(26)34(30)36(3,4)32(38)18-13-19-33-37(5,6)35-29-17-12-10-15-27(29)21-23-31(35)39(33)25-8-2/h1-2,9-23H,24-25H2,3-6H3/q+1. The van der Waals surface area contributed by atoms with Crippen molar-refractivity contribution < 1.29 is 4.58 Å². The van der Waals surface area contributed by atoms with E-state index in [1.807, 2.05) is 0 Å². The van der Waals surface area contributed by atoms with Gasteiger partial charge in [0.1, 0.15) is 0 Å². The molecule has 6 rings (SSSR count). The number of terminal acetylenes is 2. The first-order chi connectivity index (χ1) is 18.8. The molecule has 190 valence electrons. The van der Waals surface area contributed by atoms with Crippen molar-refractivity contribution in [2.45, 2.75) is 38.5 Å². The van der Waals surface area contributed by atoms with Crippen LogP contribution in [-0.2, 0) is 10.8 Å². The van der Waals surface area contributed by atoms with E-state index in [-0.39, 0.29) is 10.8 Å². The summed E-state index contributed by atoms with van der Waals surface area (Å²) in [6.07, 6.45) is 18.4. The van der Waals surface area contributed by atoms with Crippen LogP contribution in [-0.4, -0.2) is 23.4 Å². The number of rotatable bonds is 4. The second kappa shape index (κ2) is 9.04. The second-order valence-corrected chi connectivity index (χ2v) is 11.5. The van der Waals surface area contributed by atoms with Crippen molar-refractivity contribution in [2.24, 2.45) is 0 Å². The number of fused-ring (bicyclic) bond motifs is 6. The topological polar surface area (TPSA) is 6.25 Å². The lowest BCUT2D eigenvalue weighted by Crippen LogP contribution is -2.28. The van der Waals surface area contributed by atoms with Gasteiger partial charge in [0.25, 0.3) is 0 Å². The fraction of sp³-hybridized carbons (Fsp3) is 0.216. The summed E-state index contributed by atoms with van der Waals surface area (Å²) in [5.74, 6) is 5.78. The minimum Gasteiger partial charge on any atom is -0.332 e. The molecular formula is C37H33N2+. The van der Waals surface area contributed by atoms with Crippen molar-refractivity contribution in [3.63, 3.8) is 0 Å². The molecular weight excluding hydrogens is 472 g/mol.